The minimum absolute atomic E-state index is 0.218. The Morgan fingerprint density at radius 2 is 2.00 bits per heavy atom. The van der Waals surface area contributed by atoms with Crippen molar-refractivity contribution in [2.75, 3.05) is 11.9 Å². The summed E-state index contributed by atoms with van der Waals surface area (Å²) >= 11 is 11.9. The normalized spacial score (nSPS) is 10.4. The molecule has 7 heteroatoms. The van der Waals surface area contributed by atoms with Gasteiger partial charge in [0.05, 0.1) is 23.1 Å². The van der Waals surface area contributed by atoms with Gasteiger partial charge in [-0.05, 0) is 24.6 Å². The molecule has 2 aromatic rings. The fraction of sp³-hybridized carbons (Fsp3) is 0.312. The molecule has 0 aliphatic heterocycles. The Labute approximate surface area is 145 Å². The summed E-state index contributed by atoms with van der Waals surface area (Å²) < 4.78 is 0. The van der Waals surface area contributed by atoms with Crippen molar-refractivity contribution in [1.29, 1.82) is 0 Å². The Bertz CT molecular complexity index is 662. The van der Waals surface area contributed by atoms with Crippen molar-refractivity contribution >= 4 is 40.6 Å². The molecular weight excluding hydrogens is 335 g/mol. The van der Waals surface area contributed by atoms with E-state index in [1.54, 1.807) is 18.2 Å². The second-order valence-electron chi connectivity index (χ2n) is 5.00. The van der Waals surface area contributed by atoms with Crippen LogP contribution in [0, 0.1) is 0 Å². The summed E-state index contributed by atoms with van der Waals surface area (Å²) in [6, 6.07) is 5.11. The molecule has 0 fully saturated rings. The molecule has 0 unspecified atom stereocenters. The van der Waals surface area contributed by atoms with Gasteiger partial charge in [0, 0.05) is 11.6 Å². The number of carbonyl (C=O) groups excluding carboxylic acids is 1. The average Bonchev–Trinajstić information content (AvgIpc) is 2.55. The smallest absolute Gasteiger partial charge is 0.271 e. The van der Waals surface area contributed by atoms with Crippen LogP contribution in [0.5, 0.6) is 0 Å². The lowest BCUT2D eigenvalue weighted by molar-refractivity contribution is 0.0947. The van der Waals surface area contributed by atoms with Crippen LogP contribution in [-0.4, -0.2) is 22.4 Å². The molecule has 0 spiro atoms. The van der Waals surface area contributed by atoms with Crippen LogP contribution in [0.2, 0.25) is 10.0 Å². The zero-order valence-electron chi connectivity index (χ0n) is 12.8. The van der Waals surface area contributed by atoms with Gasteiger partial charge >= 0.3 is 0 Å². The van der Waals surface area contributed by atoms with Crippen LogP contribution in [0.15, 0.2) is 30.6 Å². The quantitative estimate of drug-likeness (QED) is 0.722. The maximum Gasteiger partial charge on any atom is 0.271 e. The summed E-state index contributed by atoms with van der Waals surface area (Å²) in [6.07, 6.45) is 6.09. The standard InChI is InChI=1S/C16H18Cl2N4O/c1-2-3-4-7-19-16(23)14-9-21-15(10-20-14)22-13-6-5-11(17)8-12(13)18/h5-6,8-10H,2-4,7H2,1H3,(H,19,23)(H,21,22). The number of benzene rings is 1. The molecule has 0 saturated carbocycles. The van der Waals surface area contributed by atoms with Gasteiger partial charge in [0.1, 0.15) is 11.5 Å². The maximum absolute atomic E-state index is 11.9. The average molecular weight is 353 g/mol. The molecule has 1 aromatic carbocycles. The van der Waals surface area contributed by atoms with Gasteiger partial charge in [0.2, 0.25) is 0 Å². The first-order valence-electron chi connectivity index (χ1n) is 7.42. The van der Waals surface area contributed by atoms with Crippen LogP contribution in [0.4, 0.5) is 11.5 Å². The molecule has 0 saturated heterocycles. The number of rotatable bonds is 7. The summed E-state index contributed by atoms with van der Waals surface area (Å²) in [4.78, 5) is 20.2. The highest BCUT2D eigenvalue weighted by molar-refractivity contribution is 6.36. The third kappa shape index (κ3) is 5.37. The van der Waals surface area contributed by atoms with Crippen molar-refractivity contribution in [2.45, 2.75) is 26.2 Å². The molecule has 23 heavy (non-hydrogen) atoms. The summed E-state index contributed by atoms with van der Waals surface area (Å²) in [5, 5.41) is 6.89. The van der Waals surface area contributed by atoms with Crippen LogP contribution in [-0.2, 0) is 0 Å². The van der Waals surface area contributed by atoms with Crippen LogP contribution >= 0.6 is 23.2 Å². The molecule has 1 heterocycles. The van der Waals surface area contributed by atoms with Gasteiger partial charge in [0.15, 0.2) is 0 Å². The van der Waals surface area contributed by atoms with Crippen molar-refractivity contribution in [3.8, 4) is 0 Å². The summed E-state index contributed by atoms with van der Waals surface area (Å²) in [7, 11) is 0. The number of unbranched alkanes of at least 4 members (excludes halogenated alkanes) is 2. The lowest BCUT2D eigenvalue weighted by atomic mass is 10.2. The van der Waals surface area contributed by atoms with E-state index in [0.29, 0.717) is 28.1 Å². The van der Waals surface area contributed by atoms with Gasteiger partial charge in [-0.25, -0.2) is 9.97 Å². The predicted molar refractivity (Wildman–Crippen MR) is 93.6 cm³/mol. The van der Waals surface area contributed by atoms with Crippen molar-refractivity contribution in [2.24, 2.45) is 0 Å². The van der Waals surface area contributed by atoms with Crippen LogP contribution in [0.25, 0.3) is 0 Å². The highest BCUT2D eigenvalue weighted by atomic mass is 35.5. The van der Waals surface area contributed by atoms with E-state index in [4.69, 9.17) is 23.2 Å². The van der Waals surface area contributed by atoms with E-state index in [2.05, 4.69) is 27.5 Å². The van der Waals surface area contributed by atoms with E-state index in [1.165, 1.54) is 12.4 Å². The summed E-state index contributed by atoms with van der Waals surface area (Å²) in [5.74, 6) is 0.279. The van der Waals surface area contributed by atoms with E-state index in [0.717, 1.165) is 19.3 Å². The molecule has 0 aliphatic carbocycles. The second kappa shape index (κ2) is 8.70. The van der Waals surface area contributed by atoms with Gasteiger partial charge < -0.3 is 10.6 Å². The minimum atomic E-state index is -0.218. The fourth-order valence-electron chi connectivity index (χ4n) is 1.91. The number of carbonyl (C=O) groups is 1. The number of nitrogens with zero attached hydrogens (tertiary/aromatic N) is 2. The van der Waals surface area contributed by atoms with Gasteiger partial charge in [-0.2, -0.15) is 0 Å². The molecule has 1 aromatic heterocycles. The first kappa shape index (κ1) is 17.5. The molecule has 0 aliphatic rings. The lowest BCUT2D eigenvalue weighted by Crippen LogP contribution is -2.25. The van der Waals surface area contributed by atoms with E-state index in [-0.39, 0.29) is 11.6 Å². The summed E-state index contributed by atoms with van der Waals surface area (Å²) in [5.41, 5.74) is 0.955. The van der Waals surface area contributed by atoms with Gasteiger partial charge in [0.25, 0.3) is 5.91 Å². The zero-order chi connectivity index (χ0) is 16.7. The number of halogens is 2. The largest absolute Gasteiger partial charge is 0.351 e. The molecule has 0 radical (unpaired) electrons. The first-order valence-corrected chi connectivity index (χ1v) is 8.18. The number of nitrogens with one attached hydrogen (secondary N) is 2. The highest BCUT2D eigenvalue weighted by Gasteiger charge is 2.08. The topological polar surface area (TPSA) is 66.9 Å². The van der Waals surface area contributed by atoms with Crippen LogP contribution in [0.3, 0.4) is 0 Å². The van der Waals surface area contributed by atoms with Gasteiger partial charge in [-0.3, -0.25) is 4.79 Å². The van der Waals surface area contributed by atoms with Crippen molar-refractivity contribution < 1.29 is 4.79 Å². The number of amides is 1. The van der Waals surface area contributed by atoms with Gasteiger partial charge in [-0.15, -0.1) is 0 Å². The number of hydrogen-bond acceptors (Lipinski definition) is 4. The minimum Gasteiger partial charge on any atom is -0.351 e. The Balaban J connectivity index is 1.95. The lowest BCUT2D eigenvalue weighted by Gasteiger charge is -2.08. The monoisotopic (exact) mass is 352 g/mol. The highest BCUT2D eigenvalue weighted by Crippen LogP contribution is 2.27. The first-order chi connectivity index (χ1) is 11.1. The van der Waals surface area contributed by atoms with E-state index >= 15 is 0 Å². The molecule has 2 rings (SSSR count). The van der Waals surface area contributed by atoms with Crippen molar-refractivity contribution in [3.63, 3.8) is 0 Å². The molecule has 122 valence electrons. The molecule has 0 bridgehead atoms. The van der Waals surface area contributed by atoms with E-state index < -0.39 is 0 Å². The SMILES string of the molecule is CCCCCNC(=O)c1cnc(Nc2ccc(Cl)cc2Cl)cn1. The summed E-state index contributed by atoms with van der Waals surface area (Å²) in [6.45, 7) is 2.76. The maximum atomic E-state index is 11.9. The number of hydrogen-bond donors (Lipinski definition) is 2. The third-order valence-electron chi connectivity index (χ3n) is 3.14. The Morgan fingerprint density at radius 3 is 2.65 bits per heavy atom. The predicted octanol–water partition coefficient (Wildman–Crippen LogP) is 4.45. The fourth-order valence-corrected chi connectivity index (χ4v) is 2.36. The van der Waals surface area contributed by atoms with Crippen molar-refractivity contribution in [1.82, 2.24) is 15.3 Å². The van der Waals surface area contributed by atoms with E-state index in [9.17, 15) is 4.79 Å². The Kier molecular flexibility index (Phi) is 6.62. The van der Waals surface area contributed by atoms with Crippen LogP contribution < -0.4 is 10.6 Å². The zero-order valence-corrected chi connectivity index (χ0v) is 14.3. The third-order valence-corrected chi connectivity index (χ3v) is 3.69. The molecular formula is C16H18Cl2N4O. The molecule has 1 amide bonds. The van der Waals surface area contributed by atoms with Crippen LogP contribution in [0.1, 0.15) is 36.7 Å². The Hall–Kier alpha value is -1.85. The molecule has 2 N–H and O–H groups in total. The molecule has 5 nitrogen and oxygen atoms in total. The van der Waals surface area contributed by atoms with E-state index in [1.807, 2.05) is 0 Å². The van der Waals surface area contributed by atoms with Crippen molar-refractivity contribution in [3.05, 3.63) is 46.3 Å². The second-order valence-corrected chi connectivity index (χ2v) is 5.84. The number of aromatic nitrogens is 2. The van der Waals surface area contributed by atoms with Gasteiger partial charge in [-0.1, -0.05) is 43.0 Å². The Morgan fingerprint density at radius 1 is 1.17 bits per heavy atom. The number of anilines is 2. The molecule has 0 atom stereocenters.